The van der Waals surface area contributed by atoms with Gasteiger partial charge in [0.05, 0.1) is 33.4 Å². The van der Waals surface area contributed by atoms with Gasteiger partial charge in [-0.3, -0.25) is 9.80 Å². The van der Waals surface area contributed by atoms with Crippen molar-refractivity contribution in [2.75, 3.05) is 45.9 Å². The third kappa shape index (κ3) is 8.85. The Balaban J connectivity index is 0.00000504. The molecule has 0 unspecified atom stereocenters. The number of fused-ring (bicyclic) bond motifs is 3. The molecule has 3 aliphatic rings. The Morgan fingerprint density at radius 2 is 1.55 bits per heavy atom. The number of esters is 1. The van der Waals surface area contributed by atoms with E-state index < -0.39 is 18.2 Å². The highest BCUT2D eigenvalue weighted by atomic mass is 35.5. The van der Waals surface area contributed by atoms with Crippen molar-refractivity contribution < 1.29 is 43.7 Å². The summed E-state index contributed by atoms with van der Waals surface area (Å²) in [4.78, 5) is 34.2. The molecule has 3 aliphatic heterocycles. The van der Waals surface area contributed by atoms with Crippen LogP contribution < -0.4 is 24.1 Å². The molecule has 4 heterocycles. The molecule has 13 heteroatoms. The van der Waals surface area contributed by atoms with Crippen molar-refractivity contribution in [3.05, 3.63) is 111 Å². The van der Waals surface area contributed by atoms with Crippen molar-refractivity contribution in [1.29, 1.82) is 0 Å². The van der Waals surface area contributed by atoms with Gasteiger partial charge in [0.1, 0.15) is 28.0 Å². The van der Waals surface area contributed by atoms with Gasteiger partial charge < -0.3 is 29.2 Å². The van der Waals surface area contributed by atoms with Crippen LogP contribution in [-0.2, 0) is 22.4 Å². The predicted octanol–water partition coefficient (Wildman–Crippen LogP) is 7.03. The lowest BCUT2D eigenvalue weighted by molar-refractivity contribution is -0.377. The van der Waals surface area contributed by atoms with Crippen LogP contribution in [0.4, 0.5) is 10.5 Å². The highest BCUT2D eigenvalue weighted by Crippen LogP contribution is 2.36. The number of H-pyrrole nitrogens is 1. The van der Waals surface area contributed by atoms with Gasteiger partial charge in [-0.1, -0.05) is 41.4 Å². The van der Waals surface area contributed by atoms with Crippen molar-refractivity contribution in [1.82, 2.24) is 4.90 Å². The number of carbonyl (C=O) groups is 2. The van der Waals surface area contributed by atoms with Crippen LogP contribution in [0.3, 0.4) is 0 Å². The van der Waals surface area contributed by atoms with Crippen LogP contribution in [0, 0.1) is 5.92 Å². The van der Waals surface area contributed by atoms with Crippen LogP contribution in [0.2, 0.25) is 10.0 Å². The summed E-state index contributed by atoms with van der Waals surface area (Å²) in [6.07, 6.45) is 4.22. The summed E-state index contributed by atoms with van der Waals surface area (Å²) < 4.78 is 28.5. The summed E-state index contributed by atoms with van der Waals surface area (Å²) in [7, 11) is 4.69. The van der Waals surface area contributed by atoms with Gasteiger partial charge in [0.25, 0.3) is 0 Å². The fourth-order valence-electron chi connectivity index (χ4n) is 6.52. The Morgan fingerprint density at radius 3 is 2.14 bits per heavy atom. The number of carbonyl (C=O) groups excluding carboxylic acids is 2. The molecule has 3 saturated heterocycles. The number of aromatic amines is 1. The molecule has 3 aromatic carbocycles. The van der Waals surface area contributed by atoms with Gasteiger partial charge in [-0.25, -0.2) is 14.6 Å². The molecule has 2 atom stereocenters. The first-order valence-corrected chi connectivity index (χ1v) is 17.2. The minimum Gasteiger partial charge on any atom is -0.870 e. The van der Waals surface area contributed by atoms with E-state index in [9.17, 15) is 9.59 Å². The van der Waals surface area contributed by atoms with Crippen LogP contribution >= 0.6 is 23.2 Å². The number of halogens is 2. The van der Waals surface area contributed by atoms with E-state index in [4.69, 9.17) is 46.9 Å². The number of nitrogens with one attached hydrogen (secondary N) is 1. The molecule has 3 fully saturated rings. The first-order chi connectivity index (χ1) is 24.3. The Kier molecular flexibility index (Phi) is 12.6. The SMILES string of the molecule is COc1ccc(N(Cc2ccc(C(=O)O[C@@H](Cc3c(Cl)c[nH+]cc3Cl)c3ccc(OC)c(OC)c3)cc2)C(=O)O[C@H]2CN3CCC2CC3)cc1.[OH-]. The van der Waals surface area contributed by atoms with E-state index in [1.54, 1.807) is 67.9 Å². The van der Waals surface area contributed by atoms with Gasteiger partial charge in [0, 0.05) is 24.2 Å². The third-order valence-electron chi connectivity index (χ3n) is 9.40. The molecule has 0 radical (unpaired) electrons. The van der Waals surface area contributed by atoms with Gasteiger partial charge in [-0.2, -0.15) is 0 Å². The number of benzene rings is 3. The van der Waals surface area contributed by atoms with Gasteiger partial charge >= 0.3 is 12.1 Å². The second kappa shape index (κ2) is 17.1. The number of rotatable bonds is 12. The van der Waals surface area contributed by atoms with Crippen LogP contribution in [0.1, 0.15) is 46.0 Å². The van der Waals surface area contributed by atoms with Crippen LogP contribution in [0.5, 0.6) is 17.2 Å². The monoisotopic (exact) mass is 737 g/mol. The van der Waals surface area contributed by atoms with Crippen molar-refractivity contribution in [3.8, 4) is 17.2 Å². The number of ether oxygens (including phenoxy) is 5. The molecule has 2 bridgehead atoms. The molecule has 1 aromatic heterocycles. The van der Waals surface area contributed by atoms with Crippen molar-refractivity contribution in [3.63, 3.8) is 0 Å². The lowest BCUT2D eigenvalue weighted by Gasteiger charge is -2.44. The number of piperidine rings is 3. The van der Waals surface area contributed by atoms with E-state index >= 15 is 0 Å². The summed E-state index contributed by atoms with van der Waals surface area (Å²) in [5.74, 6) is 1.55. The quantitative estimate of drug-likeness (QED) is 0.141. The van der Waals surface area contributed by atoms with Crippen LogP contribution in [0.25, 0.3) is 0 Å². The Morgan fingerprint density at radius 1 is 0.882 bits per heavy atom. The minimum absolute atomic E-state index is 0. The summed E-state index contributed by atoms with van der Waals surface area (Å²) in [6, 6.07) is 19.6. The number of anilines is 1. The number of hydrogen-bond acceptors (Lipinski definition) is 9. The lowest BCUT2D eigenvalue weighted by Crippen LogP contribution is -2.53. The predicted molar refractivity (Wildman–Crippen MR) is 191 cm³/mol. The van der Waals surface area contributed by atoms with E-state index in [1.165, 1.54) is 7.11 Å². The summed E-state index contributed by atoms with van der Waals surface area (Å²) in [6.45, 7) is 3.10. The second-order valence-corrected chi connectivity index (χ2v) is 13.2. The maximum Gasteiger partial charge on any atom is 0.414 e. The van der Waals surface area contributed by atoms with Crippen molar-refractivity contribution in [2.24, 2.45) is 5.92 Å². The second-order valence-electron chi connectivity index (χ2n) is 12.4. The molecule has 0 spiro atoms. The molecular formula is C38H41Cl2N3O8. The maximum absolute atomic E-state index is 13.7. The van der Waals surface area contributed by atoms with E-state index in [2.05, 4.69) is 9.88 Å². The highest BCUT2D eigenvalue weighted by molar-refractivity contribution is 6.35. The van der Waals surface area contributed by atoms with Crippen LogP contribution in [0.15, 0.2) is 79.1 Å². The van der Waals surface area contributed by atoms with E-state index in [0.717, 1.165) is 38.0 Å². The molecule has 11 nitrogen and oxygen atoms in total. The molecule has 4 aromatic rings. The summed E-state index contributed by atoms with van der Waals surface area (Å²) >= 11 is 13.0. The smallest absolute Gasteiger partial charge is 0.414 e. The maximum atomic E-state index is 13.7. The highest BCUT2D eigenvalue weighted by Gasteiger charge is 2.37. The van der Waals surface area contributed by atoms with Crippen molar-refractivity contribution >= 4 is 41.0 Å². The zero-order chi connectivity index (χ0) is 35.2. The number of amides is 1. The number of pyridine rings is 1. The summed E-state index contributed by atoms with van der Waals surface area (Å²) in [5, 5.41) is 0.827. The standard InChI is InChI=1S/C38H39Cl2N3O7.H2O/c1-46-29-11-9-28(10-12-29)43(38(45)50-36-23-42-16-14-25(36)15-17-42)22-24-4-6-26(7-5-24)37(44)49-34(19-30-31(39)20-41-21-32(30)40)27-8-13-33(47-2)35(18-27)48-3;/h4-13,18,20-21,25,34,36H,14-17,19,22-23H2,1-3H3;1H2/t34-,36-;/m0./s1. The average Bonchev–Trinajstić information content (AvgIpc) is 3.15. The van der Waals surface area contributed by atoms with Gasteiger partial charge in [-0.05, 0) is 91.5 Å². The van der Waals surface area contributed by atoms with Crippen LogP contribution in [-0.4, -0.2) is 69.5 Å². The Labute approximate surface area is 307 Å². The number of methoxy groups -OCH3 is 3. The van der Waals surface area contributed by atoms with Crippen molar-refractivity contribution in [2.45, 2.75) is 38.0 Å². The number of hydrogen-bond donors (Lipinski definition) is 0. The lowest BCUT2D eigenvalue weighted by atomic mass is 9.86. The van der Waals surface area contributed by atoms with E-state index in [1.807, 2.05) is 30.3 Å². The topological polar surface area (TPSA) is 131 Å². The van der Waals surface area contributed by atoms with Gasteiger partial charge in [-0.15, -0.1) is 0 Å². The van der Waals surface area contributed by atoms with E-state index in [0.29, 0.717) is 55.6 Å². The number of aromatic nitrogens is 1. The fraction of sp³-hybridized carbons (Fsp3) is 0.342. The molecule has 270 valence electrons. The largest absolute Gasteiger partial charge is 0.870 e. The fourth-order valence-corrected chi connectivity index (χ4v) is 7.06. The molecule has 2 N–H and O–H groups in total. The zero-order valence-corrected chi connectivity index (χ0v) is 30.2. The van der Waals surface area contributed by atoms with Gasteiger partial charge in [0.2, 0.25) is 0 Å². The minimum atomic E-state index is -0.758. The van der Waals surface area contributed by atoms with Gasteiger partial charge in [0.15, 0.2) is 23.9 Å². The molecule has 1 amide bonds. The average molecular weight is 739 g/mol. The zero-order valence-electron chi connectivity index (χ0n) is 28.6. The first kappa shape index (κ1) is 37.7. The third-order valence-corrected chi connectivity index (χ3v) is 10.1. The molecule has 51 heavy (non-hydrogen) atoms. The Bertz CT molecular complexity index is 1780. The molecule has 0 saturated carbocycles. The van der Waals surface area contributed by atoms with E-state index in [-0.39, 0.29) is 24.5 Å². The summed E-state index contributed by atoms with van der Waals surface area (Å²) in [5.41, 5.74) is 3.11. The number of nitrogens with zero attached hydrogens (tertiary/aromatic N) is 2. The Hall–Kier alpha value is -4.55. The molecule has 0 aliphatic carbocycles. The first-order valence-electron chi connectivity index (χ1n) is 16.5. The normalized spacial score (nSPS) is 18.2. The molecule has 7 rings (SSSR count). The molecular weight excluding hydrogens is 697 g/mol.